The number of nitrogens with zero attached hydrogens (tertiary/aromatic N) is 4. The molecule has 0 bridgehead atoms. The van der Waals surface area contributed by atoms with Crippen LogP contribution in [-0.2, 0) is 0 Å². The van der Waals surface area contributed by atoms with Gasteiger partial charge in [-0.1, -0.05) is 18.9 Å². The third-order valence-corrected chi connectivity index (χ3v) is 6.87. The molecule has 0 unspecified atom stereocenters. The zero-order valence-corrected chi connectivity index (χ0v) is 18.9. The Kier molecular flexibility index (Phi) is 5.93. The Morgan fingerprint density at radius 2 is 1.97 bits per heavy atom. The molecule has 2 aromatic heterocycles. The number of likely N-dealkylation sites (N-methyl/N-ethyl adjacent to an activating group) is 1. The number of nitrogens with one attached hydrogen (secondary N) is 1. The molecule has 4 rings (SSSR count). The van der Waals surface area contributed by atoms with Crippen LogP contribution in [0.15, 0.2) is 30.5 Å². The highest BCUT2D eigenvalue weighted by atomic mass is 32.1. The minimum absolute atomic E-state index is 0.0726. The van der Waals surface area contributed by atoms with Gasteiger partial charge in [0.1, 0.15) is 0 Å². The van der Waals surface area contributed by atoms with E-state index in [0.29, 0.717) is 6.04 Å². The SMILES string of the molecule is Cc1cc([C@H]2[C@H](c3ccccn3)NC(=S)N2CCN(C)C)c(C)n1C1CCCC1. The molecule has 2 fully saturated rings. The Morgan fingerprint density at radius 3 is 2.62 bits per heavy atom. The van der Waals surface area contributed by atoms with Gasteiger partial charge in [0, 0.05) is 36.7 Å². The molecule has 1 aliphatic carbocycles. The molecule has 3 heterocycles. The van der Waals surface area contributed by atoms with Crippen molar-refractivity contribution in [3.05, 3.63) is 53.1 Å². The molecule has 5 nitrogen and oxygen atoms in total. The van der Waals surface area contributed by atoms with Crippen LogP contribution in [0.2, 0.25) is 0 Å². The standard InChI is InChI=1S/C23H33N5S/c1-16-15-19(17(2)28(16)18-9-5-6-10-18)22-21(20-11-7-8-12-24-20)25-23(29)27(22)14-13-26(3)4/h7-8,11-12,15,18,21-22H,5-6,9-10,13-14H2,1-4H3,(H,25,29)/t21-,22-/m0/s1. The van der Waals surface area contributed by atoms with Crippen LogP contribution >= 0.6 is 12.2 Å². The van der Waals surface area contributed by atoms with Gasteiger partial charge in [-0.15, -0.1) is 0 Å². The normalized spacial score (nSPS) is 22.7. The van der Waals surface area contributed by atoms with E-state index in [2.05, 4.69) is 70.8 Å². The number of pyridine rings is 1. The Hall–Kier alpha value is -1.92. The first kappa shape index (κ1) is 20.4. The maximum atomic E-state index is 5.80. The molecule has 0 aromatic carbocycles. The number of aromatic nitrogens is 2. The molecule has 6 heteroatoms. The predicted molar refractivity (Wildman–Crippen MR) is 122 cm³/mol. The summed E-state index contributed by atoms with van der Waals surface area (Å²) in [7, 11) is 4.23. The first-order valence-electron chi connectivity index (χ1n) is 10.8. The monoisotopic (exact) mass is 411 g/mol. The summed E-state index contributed by atoms with van der Waals surface area (Å²) < 4.78 is 2.59. The molecule has 29 heavy (non-hydrogen) atoms. The maximum absolute atomic E-state index is 5.80. The lowest BCUT2D eigenvalue weighted by molar-refractivity contribution is 0.276. The minimum Gasteiger partial charge on any atom is -0.352 e. The van der Waals surface area contributed by atoms with Crippen LogP contribution in [0.5, 0.6) is 0 Å². The zero-order chi connectivity index (χ0) is 20.5. The molecule has 156 valence electrons. The Labute approximate surface area is 180 Å². The molecule has 0 spiro atoms. The summed E-state index contributed by atoms with van der Waals surface area (Å²) in [6.07, 6.45) is 7.16. The van der Waals surface area contributed by atoms with E-state index in [1.54, 1.807) is 0 Å². The molecule has 1 saturated carbocycles. The van der Waals surface area contributed by atoms with Crippen LogP contribution in [0, 0.1) is 13.8 Å². The van der Waals surface area contributed by atoms with Crippen LogP contribution in [0.4, 0.5) is 0 Å². The van der Waals surface area contributed by atoms with Crippen LogP contribution in [0.3, 0.4) is 0 Å². The molecule has 0 radical (unpaired) electrons. The number of hydrogen-bond donors (Lipinski definition) is 1. The van der Waals surface area contributed by atoms with Crippen molar-refractivity contribution in [1.29, 1.82) is 0 Å². The first-order chi connectivity index (χ1) is 14.0. The lowest BCUT2D eigenvalue weighted by Crippen LogP contribution is -2.35. The van der Waals surface area contributed by atoms with Crippen molar-refractivity contribution in [3.8, 4) is 0 Å². The molecular weight excluding hydrogens is 378 g/mol. The highest BCUT2D eigenvalue weighted by Crippen LogP contribution is 2.42. The summed E-state index contributed by atoms with van der Waals surface area (Å²) in [4.78, 5) is 9.26. The van der Waals surface area contributed by atoms with Gasteiger partial charge in [0.2, 0.25) is 0 Å². The smallest absolute Gasteiger partial charge is 0.170 e. The predicted octanol–water partition coefficient (Wildman–Crippen LogP) is 4.15. The van der Waals surface area contributed by atoms with Crippen molar-refractivity contribution in [3.63, 3.8) is 0 Å². The van der Waals surface area contributed by atoms with Gasteiger partial charge in [-0.2, -0.15) is 0 Å². The van der Waals surface area contributed by atoms with Gasteiger partial charge in [-0.3, -0.25) is 4.98 Å². The summed E-state index contributed by atoms with van der Waals surface area (Å²) in [6, 6.07) is 9.43. The lowest BCUT2D eigenvalue weighted by Gasteiger charge is -2.29. The summed E-state index contributed by atoms with van der Waals surface area (Å²) in [6.45, 7) is 6.42. The molecule has 2 aliphatic rings. The number of hydrogen-bond acceptors (Lipinski definition) is 3. The van der Waals surface area contributed by atoms with Gasteiger partial charge < -0.3 is 19.7 Å². The van der Waals surface area contributed by atoms with E-state index in [1.165, 1.54) is 42.6 Å². The van der Waals surface area contributed by atoms with E-state index in [1.807, 2.05) is 12.3 Å². The van der Waals surface area contributed by atoms with Gasteiger partial charge in [0.15, 0.2) is 5.11 Å². The highest BCUT2D eigenvalue weighted by molar-refractivity contribution is 7.80. The van der Waals surface area contributed by atoms with Gasteiger partial charge in [-0.25, -0.2) is 0 Å². The average Bonchev–Trinajstić information content (AvgIpc) is 3.39. The first-order valence-corrected chi connectivity index (χ1v) is 11.2. The minimum atomic E-state index is 0.0726. The Balaban J connectivity index is 1.75. The second kappa shape index (κ2) is 8.44. The summed E-state index contributed by atoms with van der Waals surface area (Å²) in [5.74, 6) is 0. The van der Waals surface area contributed by atoms with E-state index in [-0.39, 0.29) is 12.1 Å². The number of rotatable bonds is 6. The quantitative estimate of drug-likeness (QED) is 0.723. The van der Waals surface area contributed by atoms with E-state index in [4.69, 9.17) is 12.2 Å². The van der Waals surface area contributed by atoms with Gasteiger partial charge >= 0.3 is 0 Å². The van der Waals surface area contributed by atoms with Crippen molar-refractivity contribution >= 4 is 17.3 Å². The molecule has 1 aliphatic heterocycles. The highest BCUT2D eigenvalue weighted by Gasteiger charge is 2.41. The average molecular weight is 412 g/mol. The van der Waals surface area contributed by atoms with Crippen LogP contribution in [-0.4, -0.2) is 51.6 Å². The largest absolute Gasteiger partial charge is 0.352 e. The molecule has 1 saturated heterocycles. The fourth-order valence-electron chi connectivity index (χ4n) is 5.12. The molecular formula is C23H33N5S. The second-order valence-corrected chi connectivity index (χ2v) is 9.14. The summed E-state index contributed by atoms with van der Waals surface area (Å²) in [5.41, 5.74) is 5.20. The summed E-state index contributed by atoms with van der Waals surface area (Å²) in [5, 5.41) is 4.42. The van der Waals surface area contributed by atoms with Crippen molar-refractivity contribution in [1.82, 2.24) is 24.7 Å². The topological polar surface area (TPSA) is 36.3 Å². The van der Waals surface area contributed by atoms with E-state index < -0.39 is 0 Å². The van der Waals surface area contributed by atoms with Crippen molar-refractivity contribution in [2.75, 3.05) is 27.2 Å². The van der Waals surface area contributed by atoms with E-state index in [0.717, 1.165) is 23.9 Å². The van der Waals surface area contributed by atoms with Crippen molar-refractivity contribution in [2.45, 2.75) is 57.7 Å². The molecule has 2 atom stereocenters. The maximum Gasteiger partial charge on any atom is 0.170 e. The molecule has 0 amide bonds. The number of aryl methyl sites for hydroxylation is 1. The van der Waals surface area contributed by atoms with Crippen LogP contribution < -0.4 is 5.32 Å². The fraction of sp³-hybridized carbons (Fsp3) is 0.565. The van der Waals surface area contributed by atoms with Gasteiger partial charge in [0.25, 0.3) is 0 Å². The third kappa shape index (κ3) is 3.92. The lowest BCUT2D eigenvalue weighted by atomic mass is 9.96. The van der Waals surface area contributed by atoms with Crippen molar-refractivity contribution < 1.29 is 0 Å². The number of thiocarbonyl (C=S) groups is 1. The van der Waals surface area contributed by atoms with Crippen LogP contribution in [0.1, 0.15) is 66.5 Å². The Bertz CT molecular complexity index is 854. The summed E-state index contributed by atoms with van der Waals surface area (Å²) >= 11 is 5.80. The van der Waals surface area contributed by atoms with Crippen LogP contribution in [0.25, 0.3) is 0 Å². The zero-order valence-electron chi connectivity index (χ0n) is 18.1. The van der Waals surface area contributed by atoms with Crippen molar-refractivity contribution in [2.24, 2.45) is 0 Å². The third-order valence-electron chi connectivity index (χ3n) is 6.52. The Morgan fingerprint density at radius 1 is 1.21 bits per heavy atom. The molecule has 1 N–H and O–H groups in total. The van der Waals surface area contributed by atoms with Gasteiger partial charge in [0.05, 0.1) is 17.8 Å². The fourth-order valence-corrected chi connectivity index (χ4v) is 5.45. The van der Waals surface area contributed by atoms with E-state index >= 15 is 0 Å². The second-order valence-electron chi connectivity index (χ2n) is 8.76. The van der Waals surface area contributed by atoms with E-state index in [9.17, 15) is 0 Å². The van der Waals surface area contributed by atoms with Gasteiger partial charge in [-0.05, 0) is 76.8 Å². The molecule has 2 aromatic rings.